The fourth-order valence-electron chi connectivity index (χ4n) is 2.85. The zero-order valence-corrected chi connectivity index (χ0v) is 18.5. The molecule has 0 saturated heterocycles. The summed E-state index contributed by atoms with van der Waals surface area (Å²) in [6, 6.07) is 10.5. The van der Waals surface area contributed by atoms with E-state index in [1.54, 1.807) is 10.6 Å². The number of rotatable bonds is 7. The molecule has 3 rings (SSSR count). The maximum Gasteiger partial charge on any atom is 0.337 e. The summed E-state index contributed by atoms with van der Waals surface area (Å²) in [6.07, 6.45) is 0. The van der Waals surface area contributed by atoms with Crippen LogP contribution in [-0.4, -0.2) is 45.2 Å². The Morgan fingerprint density at radius 1 is 1.13 bits per heavy atom. The van der Waals surface area contributed by atoms with Crippen LogP contribution in [0.2, 0.25) is 0 Å². The number of hydrogen-bond donors (Lipinski definition) is 1. The quantitative estimate of drug-likeness (QED) is 0.421. The maximum atomic E-state index is 12.7. The van der Waals surface area contributed by atoms with Gasteiger partial charge in [-0.15, -0.1) is 0 Å². The Labute approximate surface area is 182 Å². The summed E-state index contributed by atoms with van der Waals surface area (Å²) in [7, 11) is -2.58. The lowest BCUT2D eigenvalue weighted by molar-refractivity contribution is 0.0600. The molecule has 1 aromatic heterocycles. The highest BCUT2D eigenvalue weighted by Gasteiger charge is 2.14. The molecular weight excluding hydrogens is 442 g/mol. The van der Waals surface area contributed by atoms with Crippen molar-refractivity contribution in [3.8, 4) is 0 Å². The predicted octanol–water partition coefficient (Wildman–Crippen LogP) is 1.91. The van der Waals surface area contributed by atoms with Crippen molar-refractivity contribution in [2.75, 3.05) is 20.3 Å². The van der Waals surface area contributed by atoms with Crippen LogP contribution in [0.5, 0.6) is 0 Å². The van der Waals surface area contributed by atoms with Crippen LogP contribution in [0, 0.1) is 0 Å². The van der Waals surface area contributed by atoms with Gasteiger partial charge in [0, 0.05) is 18.7 Å². The molecular formula is C20H21N3O6S2. The summed E-state index contributed by atoms with van der Waals surface area (Å²) in [5, 5.41) is 5.23. The molecule has 0 spiro atoms. The topological polar surface area (TPSA) is 130 Å². The lowest BCUT2D eigenvalue weighted by Crippen LogP contribution is -2.19. The number of primary sulfonamides is 1. The zero-order chi connectivity index (χ0) is 22.6. The van der Waals surface area contributed by atoms with Crippen LogP contribution in [0.25, 0.3) is 10.2 Å². The fourth-order valence-corrected chi connectivity index (χ4v) is 4.56. The Kier molecular flexibility index (Phi) is 7.01. The Morgan fingerprint density at radius 3 is 2.42 bits per heavy atom. The number of carbonyl (C=O) groups excluding carboxylic acids is 2. The van der Waals surface area contributed by atoms with Crippen molar-refractivity contribution in [2.45, 2.75) is 18.4 Å². The standard InChI is InChI=1S/C20H21N3O6S2/c1-3-29-11-10-23-16-9-8-15(31(21,26)27)12-17(16)30-20(23)22-18(24)13-4-6-14(7-5-13)19(25)28-2/h4-9,12H,3,10-11H2,1-2H3,(H2,21,26,27). The van der Waals surface area contributed by atoms with Gasteiger partial charge >= 0.3 is 5.97 Å². The first-order valence-electron chi connectivity index (χ1n) is 9.26. The minimum atomic E-state index is -3.86. The molecule has 0 radical (unpaired) electrons. The first-order chi connectivity index (χ1) is 14.7. The Bertz CT molecular complexity index is 1290. The van der Waals surface area contributed by atoms with Crippen LogP contribution in [-0.2, 0) is 26.0 Å². The molecule has 2 N–H and O–H groups in total. The molecule has 11 heteroatoms. The number of esters is 1. The van der Waals surface area contributed by atoms with E-state index >= 15 is 0 Å². The Balaban J connectivity index is 2.05. The average Bonchev–Trinajstić information content (AvgIpc) is 3.09. The number of hydrogen-bond acceptors (Lipinski definition) is 7. The smallest absolute Gasteiger partial charge is 0.337 e. The lowest BCUT2D eigenvalue weighted by atomic mass is 10.1. The second-order valence-electron chi connectivity index (χ2n) is 6.39. The van der Waals surface area contributed by atoms with E-state index in [2.05, 4.69) is 9.73 Å². The number of nitrogens with zero attached hydrogens (tertiary/aromatic N) is 2. The fraction of sp³-hybridized carbons (Fsp3) is 0.250. The number of fused-ring (bicyclic) bond motifs is 1. The molecule has 1 amide bonds. The van der Waals surface area contributed by atoms with Crippen molar-refractivity contribution >= 4 is 43.5 Å². The summed E-state index contributed by atoms with van der Waals surface area (Å²) < 4.78 is 35.9. The molecule has 0 aliphatic rings. The molecule has 0 bridgehead atoms. The van der Waals surface area contributed by atoms with E-state index < -0.39 is 21.9 Å². The third kappa shape index (κ3) is 5.25. The van der Waals surface area contributed by atoms with E-state index in [9.17, 15) is 18.0 Å². The van der Waals surface area contributed by atoms with Gasteiger partial charge in [-0.05, 0) is 49.4 Å². The minimum absolute atomic E-state index is 0.0190. The second-order valence-corrected chi connectivity index (χ2v) is 8.96. The number of aromatic nitrogens is 1. The number of benzene rings is 2. The van der Waals surface area contributed by atoms with Crippen molar-refractivity contribution in [1.29, 1.82) is 0 Å². The van der Waals surface area contributed by atoms with Crippen LogP contribution in [0.1, 0.15) is 27.6 Å². The number of sulfonamides is 1. The number of carbonyl (C=O) groups is 2. The summed E-state index contributed by atoms with van der Waals surface area (Å²) in [6.45, 7) is 3.24. The van der Waals surface area contributed by atoms with E-state index in [0.29, 0.717) is 45.9 Å². The van der Waals surface area contributed by atoms with Gasteiger partial charge in [-0.25, -0.2) is 18.4 Å². The highest BCUT2D eigenvalue weighted by molar-refractivity contribution is 7.89. The molecule has 0 unspecified atom stereocenters. The van der Waals surface area contributed by atoms with Gasteiger partial charge in [-0.1, -0.05) is 11.3 Å². The first kappa shape index (κ1) is 22.8. The van der Waals surface area contributed by atoms with Gasteiger partial charge < -0.3 is 14.0 Å². The third-order valence-electron chi connectivity index (χ3n) is 4.40. The number of thiazole rings is 1. The van der Waals surface area contributed by atoms with Crippen LogP contribution < -0.4 is 9.94 Å². The number of ether oxygens (including phenoxy) is 2. The minimum Gasteiger partial charge on any atom is -0.465 e. The SMILES string of the molecule is CCOCCn1c(=NC(=O)c2ccc(C(=O)OC)cc2)sc2cc(S(N)(=O)=O)ccc21. The molecule has 1 heterocycles. The molecule has 2 aromatic carbocycles. The normalized spacial score (nSPS) is 12.3. The highest BCUT2D eigenvalue weighted by atomic mass is 32.2. The van der Waals surface area contributed by atoms with E-state index in [-0.39, 0.29) is 4.90 Å². The van der Waals surface area contributed by atoms with E-state index in [4.69, 9.17) is 9.88 Å². The molecule has 31 heavy (non-hydrogen) atoms. The first-order valence-corrected chi connectivity index (χ1v) is 11.6. The zero-order valence-electron chi connectivity index (χ0n) is 16.9. The number of amides is 1. The van der Waals surface area contributed by atoms with Crippen LogP contribution in [0.3, 0.4) is 0 Å². The summed E-state index contributed by atoms with van der Waals surface area (Å²) in [4.78, 5) is 28.9. The van der Waals surface area contributed by atoms with E-state index in [0.717, 1.165) is 0 Å². The van der Waals surface area contributed by atoms with Crippen molar-refractivity contribution in [3.05, 3.63) is 58.4 Å². The molecule has 164 valence electrons. The van der Waals surface area contributed by atoms with Gasteiger partial charge in [0.15, 0.2) is 4.80 Å². The van der Waals surface area contributed by atoms with Crippen LogP contribution >= 0.6 is 11.3 Å². The lowest BCUT2D eigenvalue weighted by Gasteiger charge is -2.06. The molecule has 0 aliphatic carbocycles. The predicted molar refractivity (Wildman–Crippen MR) is 115 cm³/mol. The maximum absolute atomic E-state index is 12.7. The summed E-state index contributed by atoms with van der Waals surface area (Å²) in [5.74, 6) is -1.00. The monoisotopic (exact) mass is 463 g/mol. The van der Waals surface area contributed by atoms with Gasteiger partial charge in [0.2, 0.25) is 10.0 Å². The summed E-state index contributed by atoms with van der Waals surface area (Å²) in [5.41, 5.74) is 1.33. The Hall–Kier alpha value is -2.86. The molecule has 0 saturated carbocycles. The second kappa shape index (κ2) is 9.52. The number of nitrogens with two attached hydrogens (primary N) is 1. The number of methoxy groups -OCH3 is 1. The molecule has 0 atom stereocenters. The van der Waals surface area contributed by atoms with Crippen molar-refractivity contribution in [3.63, 3.8) is 0 Å². The van der Waals surface area contributed by atoms with Gasteiger partial charge in [0.05, 0.1) is 34.4 Å². The van der Waals surface area contributed by atoms with Gasteiger partial charge in [-0.3, -0.25) is 4.79 Å². The summed E-state index contributed by atoms with van der Waals surface area (Å²) >= 11 is 1.17. The van der Waals surface area contributed by atoms with Crippen molar-refractivity contribution in [1.82, 2.24) is 4.57 Å². The van der Waals surface area contributed by atoms with Crippen molar-refractivity contribution in [2.24, 2.45) is 10.1 Å². The highest BCUT2D eigenvalue weighted by Crippen LogP contribution is 2.21. The van der Waals surface area contributed by atoms with E-state index in [1.165, 1.54) is 54.8 Å². The van der Waals surface area contributed by atoms with Gasteiger partial charge in [-0.2, -0.15) is 4.99 Å². The third-order valence-corrected chi connectivity index (χ3v) is 6.35. The molecule has 3 aromatic rings. The van der Waals surface area contributed by atoms with E-state index in [1.807, 2.05) is 6.92 Å². The van der Waals surface area contributed by atoms with Crippen molar-refractivity contribution < 1.29 is 27.5 Å². The largest absolute Gasteiger partial charge is 0.465 e. The molecule has 0 aliphatic heterocycles. The Morgan fingerprint density at radius 2 is 1.81 bits per heavy atom. The van der Waals surface area contributed by atoms with Gasteiger partial charge in [0.1, 0.15) is 0 Å². The average molecular weight is 464 g/mol. The van der Waals surface area contributed by atoms with Crippen LogP contribution in [0.4, 0.5) is 0 Å². The molecule has 0 fully saturated rings. The van der Waals surface area contributed by atoms with Gasteiger partial charge in [0.25, 0.3) is 5.91 Å². The molecule has 9 nitrogen and oxygen atoms in total. The van der Waals surface area contributed by atoms with Crippen LogP contribution in [0.15, 0.2) is 52.4 Å².